The van der Waals surface area contributed by atoms with Gasteiger partial charge in [0.15, 0.2) is 0 Å². The first-order valence-electron chi connectivity index (χ1n) is 8.72. The molecule has 0 aromatic heterocycles. The Morgan fingerprint density at radius 2 is 1.69 bits per heavy atom. The van der Waals surface area contributed by atoms with Crippen LogP contribution in [0.5, 0.6) is 5.75 Å². The van der Waals surface area contributed by atoms with Crippen LogP contribution >= 0.6 is 0 Å². The third-order valence-corrected chi connectivity index (χ3v) is 3.60. The number of amides is 1. The molecule has 0 aliphatic heterocycles. The zero-order valence-electron chi connectivity index (χ0n) is 15.6. The molecule has 0 heterocycles. The van der Waals surface area contributed by atoms with Crippen molar-refractivity contribution in [3.63, 3.8) is 0 Å². The van der Waals surface area contributed by atoms with Gasteiger partial charge in [0.2, 0.25) is 0 Å². The number of hydrogen-bond acceptors (Lipinski definition) is 4. The van der Waals surface area contributed by atoms with Crippen molar-refractivity contribution in [2.24, 2.45) is 0 Å². The topological polar surface area (TPSA) is 67.8 Å². The molecule has 2 aromatic rings. The van der Waals surface area contributed by atoms with Crippen LogP contribution in [0.15, 0.2) is 54.6 Å². The van der Waals surface area contributed by atoms with Crippen LogP contribution in [0, 0.1) is 0 Å². The van der Waals surface area contributed by atoms with E-state index in [-0.39, 0.29) is 6.61 Å². The van der Waals surface area contributed by atoms with Crippen LogP contribution in [0.2, 0.25) is 0 Å². The van der Waals surface area contributed by atoms with Crippen molar-refractivity contribution in [1.29, 1.82) is 0 Å². The number of aliphatic hydroxyl groups is 1. The maximum Gasteiger partial charge on any atom is 0.407 e. The predicted molar refractivity (Wildman–Crippen MR) is 101 cm³/mol. The molecule has 0 aliphatic carbocycles. The molecule has 0 saturated carbocycles. The fourth-order valence-electron chi connectivity index (χ4n) is 2.38. The largest absolute Gasteiger partial charge is 0.489 e. The summed E-state index contributed by atoms with van der Waals surface area (Å²) in [6.07, 6.45) is -0.0197. The van der Waals surface area contributed by atoms with E-state index in [1.165, 1.54) is 0 Å². The second kappa shape index (κ2) is 9.25. The highest BCUT2D eigenvalue weighted by Crippen LogP contribution is 2.15. The fraction of sp³-hybridized carbons (Fsp3) is 0.381. The fourth-order valence-corrected chi connectivity index (χ4v) is 2.38. The average Bonchev–Trinajstić information content (AvgIpc) is 2.60. The molecule has 0 bridgehead atoms. The van der Waals surface area contributed by atoms with E-state index < -0.39 is 17.7 Å². The predicted octanol–water partition coefficient (Wildman–Crippen LogP) is 3.69. The Kier molecular flexibility index (Phi) is 7.04. The van der Waals surface area contributed by atoms with Crippen molar-refractivity contribution >= 4 is 6.09 Å². The number of alkyl carbamates (subject to hydrolysis) is 1. The van der Waals surface area contributed by atoms with Crippen molar-refractivity contribution in [2.45, 2.75) is 45.4 Å². The molecule has 1 atom stereocenters. The summed E-state index contributed by atoms with van der Waals surface area (Å²) in [6.45, 7) is 5.75. The van der Waals surface area contributed by atoms with E-state index in [0.29, 0.717) is 13.0 Å². The molecule has 2 rings (SSSR count). The zero-order valence-corrected chi connectivity index (χ0v) is 15.6. The second-order valence-corrected chi connectivity index (χ2v) is 7.15. The van der Waals surface area contributed by atoms with Crippen LogP contribution < -0.4 is 10.1 Å². The SMILES string of the molecule is CC(C)(C)OC(=O)N[C@@H](CO)Cc1ccc(OCc2ccccc2)cc1. The highest BCUT2D eigenvalue weighted by Gasteiger charge is 2.19. The maximum absolute atomic E-state index is 11.8. The van der Waals surface area contributed by atoms with Crippen molar-refractivity contribution in [2.75, 3.05) is 6.61 Å². The molecule has 0 spiro atoms. The molecule has 2 N–H and O–H groups in total. The van der Waals surface area contributed by atoms with Crippen LogP contribution in [-0.4, -0.2) is 29.4 Å². The second-order valence-electron chi connectivity index (χ2n) is 7.15. The summed E-state index contributed by atoms with van der Waals surface area (Å²) in [5.74, 6) is 0.776. The number of ether oxygens (including phenoxy) is 2. The lowest BCUT2D eigenvalue weighted by atomic mass is 10.1. The third kappa shape index (κ3) is 7.15. The standard InChI is InChI=1S/C21H27NO4/c1-21(2,3)26-20(24)22-18(14-23)13-16-9-11-19(12-10-16)25-15-17-7-5-4-6-8-17/h4-12,18,23H,13-15H2,1-3H3,(H,22,24)/t18-/m1/s1. The number of nitrogens with one attached hydrogen (secondary N) is 1. The van der Waals surface area contributed by atoms with Crippen LogP contribution in [0.25, 0.3) is 0 Å². The summed E-state index contributed by atoms with van der Waals surface area (Å²) in [5, 5.41) is 12.2. The normalized spacial score (nSPS) is 12.3. The van der Waals surface area contributed by atoms with E-state index in [1.807, 2.05) is 54.6 Å². The van der Waals surface area contributed by atoms with Crippen molar-refractivity contribution in [1.82, 2.24) is 5.32 Å². The van der Waals surface area contributed by atoms with E-state index in [9.17, 15) is 9.90 Å². The van der Waals surface area contributed by atoms with Crippen molar-refractivity contribution < 1.29 is 19.4 Å². The molecular weight excluding hydrogens is 330 g/mol. The van der Waals surface area contributed by atoms with Crippen LogP contribution in [-0.2, 0) is 17.8 Å². The smallest absolute Gasteiger partial charge is 0.407 e. The van der Waals surface area contributed by atoms with E-state index in [0.717, 1.165) is 16.9 Å². The molecule has 0 saturated heterocycles. The van der Waals surface area contributed by atoms with Gasteiger partial charge in [-0.25, -0.2) is 4.79 Å². The minimum absolute atomic E-state index is 0.161. The number of aliphatic hydroxyl groups excluding tert-OH is 1. The summed E-state index contributed by atoms with van der Waals surface area (Å²) in [5.41, 5.74) is 1.53. The van der Waals surface area contributed by atoms with Gasteiger partial charge in [0.1, 0.15) is 18.0 Å². The molecule has 0 aliphatic rings. The van der Waals surface area contributed by atoms with Gasteiger partial charge in [-0.15, -0.1) is 0 Å². The number of hydrogen-bond donors (Lipinski definition) is 2. The van der Waals surface area contributed by atoms with E-state index >= 15 is 0 Å². The summed E-state index contributed by atoms with van der Waals surface area (Å²) < 4.78 is 11.0. The van der Waals surface area contributed by atoms with E-state index in [2.05, 4.69) is 5.32 Å². The highest BCUT2D eigenvalue weighted by molar-refractivity contribution is 5.68. The van der Waals surface area contributed by atoms with Gasteiger partial charge in [0.05, 0.1) is 12.6 Å². The van der Waals surface area contributed by atoms with Crippen LogP contribution in [0.3, 0.4) is 0 Å². The molecular formula is C21H27NO4. The lowest BCUT2D eigenvalue weighted by molar-refractivity contribution is 0.0483. The van der Waals surface area contributed by atoms with Gasteiger partial charge in [-0.2, -0.15) is 0 Å². The van der Waals surface area contributed by atoms with Gasteiger partial charge in [-0.1, -0.05) is 42.5 Å². The third-order valence-electron chi connectivity index (χ3n) is 3.60. The molecule has 2 aromatic carbocycles. The monoisotopic (exact) mass is 357 g/mol. The number of carbonyl (C=O) groups excluding carboxylic acids is 1. The summed E-state index contributed by atoms with van der Waals surface area (Å²) >= 11 is 0. The lowest BCUT2D eigenvalue weighted by Crippen LogP contribution is -2.42. The van der Waals surface area contributed by atoms with Gasteiger partial charge in [0.25, 0.3) is 0 Å². The van der Waals surface area contributed by atoms with Gasteiger partial charge in [0, 0.05) is 0 Å². The Balaban J connectivity index is 1.85. The van der Waals surface area contributed by atoms with E-state index in [1.54, 1.807) is 20.8 Å². The molecule has 0 unspecified atom stereocenters. The van der Waals surface area contributed by atoms with Gasteiger partial charge < -0.3 is 19.9 Å². The lowest BCUT2D eigenvalue weighted by Gasteiger charge is -2.22. The molecule has 5 heteroatoms. The Hall–Kier alpha value is -2.53. The van der Waals surface area contributed by atoms with Crippen molar-refractivity contribution in [3.8, 4) is 5.75 Å². The summed E-state index contributed by atoms with van der Waals surface area (Å²) in [4.78, 5) is 11.8. The van der Waals surface area contributed by atoms with Crippen molar-refractivity contribution in [3.05, 3.63) is 65.7 Å². The highest BCUT2D eigenvalue weighted by atomic mass is 16.6. The van der Waals surface area contributed by atoms with Crippen LogP contribution in [0.4, 0.5) is 4.79 Å². The molecule has 140 valence electrons. The minimum Gasteiger partial charge on any atom is -0.489 e. The Morgan fingerprint density at radius 1 is 1.04 bits per heavy atom. The number of benzene rings is 2. The number of rotatable bonds is 7. The molecule has 0 radical (unpaired) electrons. The first kappa shape index (κ1) is 19.8. The summed E-state index contributed by atoms with van der Waals surface area (Å²) in [6, 6.07) is 17.2. The van der Waals surface area contributed by atoms with Crippen LogP contribution in [0.1, 0.15) is 31.9 Å². The quantitative estimate of drug-likeness (QED) is 0.793. The molecule has 26 heavy (non-hydrogen) atoms. The Morgan fingerprint density at radius 3 is 2.27 bits per heavy atom. The van der Waals surface area contributed by atoms with E-state index in [4.69, 9.17) is 9.47 Å². The Bertz CT molecular complexity index is 677. The van der Waals surface area contributed by atoms with Gasteiger partial charge in [-0.3, -0.25) is 0 Å². The zero-order chi connectivity index (χ0) is 19.0. The number of carbonyl (C=O) groups is 1. The Labute approximate surface area is 155 Å². The van der Waals surface area contributed by atoms with Gasteiger partial charge in [-0.05, 0) is 50.5 Å². The average molecular weight is 357 g/mol. The minimum atomic E-state index is -0.568. The maximum atomic E-state index is 11.8. The first-order chi connectivity index (χ1) is 12.4. The molecule has 0 fully saturated rings. The first-order valence-corrected chi connectivity index (χ1v) is 8.72. The molecule has 1 amide bonds. The summed E-state index contributed by atoms with van der Waals surface area (Å²) in [7, 11) is 0. The van der Waals surface area contributed by atoms with Gasteiger partial charge >= 0.3 is 6.09 Å². The molecule has 5 nitrogen and oxygen atoms in total.